The Balaban J connectivity index is 2.63. The van der Waals surface area contributed by atoms with E-state index in [9.17, 15) is 9.59 Å². The molecule has 1 rings (SSSR count). The van der Waals surface area contributed by atoms with Gasteiger partial charge in [0.15, 0.2) is 0 Å². The van der Waals surface area contributed by atoms with E-state index >= 15 is 0 Å². The summed E-state index contributed by atoms with van der Waals surface area (Å²) in [5.41, 5.74) is 0.679. The molecule has 1 unspecified atom stereocenters. The summed E-state index contributed by atoms with van der Waals surface area (Å²) in [6.45, 7) is 3.39. The molecule has 1 aromatic rings. The van der Waals surface area contributed by atoms with E-state index in [0.717, 1.165) is 0 Å². The van der Waals surface area contributed by atoms with Gasteiger partial charge in [0.2, 0.25) is 0 Å². The van der Waals surface area contributed by atoms with Crippen LogP contribution in [0.15, 0.2) is 24.1 Å². The van der Waals surface area contributed by atoms with Crippen molar-refractivity contribution in [1.82, 2.24) is 5.32 Å². The fourth-order valence-corrected chi connectivity index (χ4v) is 2.01. The number of nitriles is 1. The van der Waals surface area contributed by atoms with Crippen LogP contribution in [0.5, 0.6) is 0 Å². The molecule has 0 saturated heterocycles. The highest BCUT2D eigenvalue weighted by atomic mass is 32.1. The Kier molecular flexibility index (Phi) is 5.57. The zero-order valence-corrected chi connectivity index (χ0v) is 10.8. The fraction of sp³-hybridized carbons (Fsp3) is 0.250. The molecule has 0 spiro atoms. The van der Waals surface area contributed by atoms with Crippen molar-refractivity contribution in [3.05, 3.63) is 34.5 Å². The number of carboxylic acids is 1. The Morgan fingerprint density at radius 3 is 2.95 bits per heavy atom. The molecule has 6 nitrogen and oxygen atoms in total. The predicted molar refractivity (Wildman–Crippen MR) is 68.8 cm³/mol. The van der Waals surface area contributed by atoms with Gasteiger partial charge in [-0.15, -0.1) is 11.3 Å². The number of aliphatic carboxylic acids is 1. The molecule has 100 valence electrons. The van der Waals surface area contributed by atoms with Gasteiger partial charge in [-0.25, -0.2) is 9.59 Å². The molecule has 1 aromatic heterocycles. The average molecular weight is 280 g/mol. The molecule has 1 heterocycles. The van der Waals surface area contributed by atoms with E-state index in [0.29, 0.717) is 10.4 Å². The molecule has 0 aromatic carbocycles. The van der Waals surface area contributed by atoms with Gasteiger partial charge in [-0.2, -0.15) is 5.26 Å². The van der Waals surface area contributed by atoms with Crippen LogP contribution in [-0.2, 0) is 16.0 Å². The number of carbonyl (C=O) groups is 2. The van der Waals surface area contributed by atoms with E-state index in [2.05, 4.69) is 16.6 Å². The second-order valence-corrected chi connectivity index (χ2v) is 4.47. The number of nitrogens with one attached hydrogen (secondary N) is 1. The summed E-state index contributed by atoms with van der Waals surface area (Å²) in [6, 6.07) is 2.46. The normalized spacial score (nSPS) is 11.1. The van der Waals surface area contributed by atoms with Crippen LogP contribution in [0, 0.1) is 11.3 Å². The zero-order chi connectivity index (χ0) is 14.3. The maximum Gasteiger partial charge on any atom is 0.408 e. The molecule has 0 aliphatic heterocycles. The van der Waals surface area contributed by atoms with Gasteiger partial charge in [0.25, 0.3) is 0 Å². The van der Waals surface area contributed by atoms with Crippen LogP contribution in [-0.4, -0.2) is 29.8 Å². The van der Waals surface area contributed by atoms with Crippen LogP contribution in [0.1, 0.15) is 10.4 Å². The van der Waals surface area contributed by atoms with E-state index in [1.54, 1.807) is 11.4 Å². The lowest BCUT2D eigenvalue weighted by Gasteiger charge is -2.13. The Bertz CT molecular complexity index is 518. The average Bonchev–Trinajstić information content (AvgIpc) is 2.83. The number of rotatable bonds is 6. The lowest BCUT2D eigenvalue weighted by molar-refractivity contribution is -0.139. The number of carboxylic acid groups (broad SMARTS) is 1. The number of thiophene rings is 1. The zero-order valence-electron chi connectivity index (χ0n) is 9.96. The SMILES string of the molecule is C=CCOC(=O)NC(Cc1csc(C#N)c1)C(=O)O. The molecular formula is C12H12N2O4S. The van der Waals surface area contributed by atoms with E-state index in [1.165, 1.54) is 17.4 Å². The summed E-state index contributed by atoms with van der Waals surface area (Å²) < 4.78 is 4.65. The lowest BCUT2D eigenvalue weighted by Crippen LogP contribution is -2.42. The highest BCUT2D eigenvalue weighted by molar-refractivity contribution is 7.10. The minimum absolute atomic E-state index is 0.00913. The van der Waals surface area contributed by atoms with Gasteiger partial charge in [0, 0.05) is 6.42 Å². The first-order valence-corrected chi connectivity index (χ1v) is 6.19. The van der Waals surface area contributed by atoms with E-state index < -0.39 is 18.1 Å². The van der Waals surface area contributed by atoms with Crippen molar-refractivity contribution < 1.29 is 19.4 Å². The highest BCUT2D eigenvalue weighted by Gasteiger charge is 2.21. The number of hydrogen-bond donors (Lipinski definition) is 2. The Labute approximate surface area is 113 Å². The van der Waals surface area contributed by atoms with Gasteiger partial charge in [-0.05, 0) is 17.0 Å². The molecule has 1 atom stereocenters. The van der Waals surface area contributed by atoms with E-state index in [1.807, 2.05) is 6.07 Å². The van der Waals surface area contributed by atoms with Crippen molar-refractivity contribution in [2.45, 2.75) is 12.5 Å². The third kappa shape index (κ3) is 4.81. The monoisotopic (exact) mass is 280 g/mol. The van der Waals surface area contributed by atoms with Crippen molar-refractivity contribution in [2.75, 3.05) is 6.61 Å². The van der Waals surface area contributed by atoms with Crippen LogP contribution in [0.3, 0.4) is 0 Å². The van der Waals surface area contributed by atoms with Crippen LogP contribution < -0.4 is 5.32 Å². The second-order valence-electron chi connectivity index (χ2n) is 3.56. The number of alkyl carbamates (subject to hydrolysis) is 1. The third-order valence-corrected chi connectivity index (χ3v) is 3.01. The molecule has 0 fully saturated rings. The fourth-order valence-electron chi connectivity index (χ4n) is 1.30. The highest BCUT2D eigenvalue weighted by Crippen LogP contribution is 2.15. The molecule has 0 aliphatic carbocycles. The summed E-state index contributed by atoms with van der Waals surface area (Å²) in [4.78, 5) is 22.8. The molecular weight excluding hydrogens is 268 g/mol. The second kappa shape index (κ2) is 7.18. The van der Waals surface area contributed by atoms with Crippen LogP contribution >= 0.6 is 11.3 Å². The van der Waals surface area contributed by atoms with Crippen molar-refractivity contribution in [1.29, 1.82) is 5.26 Å². The molecule has 0 saturated carbocycles. The molecule has 0 aliphatic rings. The number of carbonyl (C=O) groups excluding carboxylic acids is 1. The molecule has 19 heavy (non-hydrogen) atoms. The molecule has 1 amide bonds. The Morgan fingerprint density at radius 1 is 1.68 bits per heavy atom. The molecule has 2 N–H and O–H groups in total. The van der Waals surface area contributed by atoms with Crippen LogP contribution in [0.2, 0.25) is 0 Å². The number of hydrogen-bond acceptors (Lipinski definition) is 5. The Hall–Kier alpha value is -2.33. The first-order valence-electron chi connectivity index (χ1n) is 5.31. The summed E-state index contributed by atoms with van der Waals surface area (Å²) in [6.07, 6.45) is 0.660. The quantitative estimate of drug-likeness (QED) is 0.770. The third-order valence-electron chi connectivity index (χ3n) is 2.13. The lowest BCUT2D eigenvalue weighted by atomic mass is 10.1. The maximum absolute atomic E-state index is 11.3. The van der Waals surface area contributed by atoms with Gasteiger partial charge in [0.1, 0.15) is 23.6 Å². The van der Waals surface area contributed by atoms with E-state index in [4.69, 9.17) is 10.4 Å². The summed E-state index contributed by atoms with van der Waals surface area (Å²) >= 11 is 1.22. The molecule has 0 bridgehead atoms. The van der Waals surface area contributed by atoms with Crippen molar-refractivity contribution in [3.8, 4) is 6.07 Å². The first-order chi connectivity index (χ1) is 9.06. The van der Waals surface area contributed by atoms with Crippen molar-refractivity contribution >= 4 is 23.4 Å². The minimum Gasteiger partial charge on any atom is -0.480 e. The molecule has 0 radical (unpaired) electrons. The van der Waals surface area contributed by atoms with E-state index in [-0.39, 0.29) is 13.0 Å². The number of amides is 1. The van der Waals surface area contributed by atoms with Crippen LogP contribution in [0.25, 0.3) is 0 Å². The van der Waals surface area contributed by atoms with Gasteiger partial charge in [0.05, 0.1) is 0 Å². The molecule has 7 heteroatoms. The van der Waals surface area contributed by atoms with Crippen molar-refractivity contribution in [3.63, 3.8) is 0 Å². The minimum atomic E-state index is -1.17. The van der Waals surface area contributed by atoms with Gasteiger partial charge in [-0.1, -0.05) is 12.7 Å². The van der Waals surface area contributed by atoms with Gasteiger partial charge in [-0.3, -0.25) is 0 Å². The smallest absolute Gasteiger partial charge is 0.408 e. The summed E-state index contributed by atoms with van der Waals surface area (Å²) in [5, 5.41) is 21.6. The van der Waals surface area contributed by atoms with Gasteiger partial charge >= 0.3 is 12.1 Å². The van der Waals surface area contributed by atoms with Gasteiger partial charge < -0.3 is 15.2 Å². The van der Waals surface area contributed by atoms with Crippen molar-refractivity contribution in [2.24, 2.45) is 0 Å². The van der Waals surface area contributed by atoms with Crippen LogP contribution in [0.4, 0.5) is 4.79 Å². The number of nitrogens with zero attached hydrogens (tertiary/aromatic N) is 1. The summed E-state index contributed by atoms with van der Waals surface area (Å²) in [5.74, 6) is -1.17. The summed E-state index contributed by atoms with van der Waals surface area (Å²) in [7, 11) is 0. The first kappa shape index (κ1) is 14.7. The maximum atomic E-state index is 11.3. The predicted octanol–water partition coefficient (Wildman–Crippen LogP) is 1.53. The topological polar surface area (TPSA) is 99.4 Å². The standard InChI is InChI=1S/C12H12N2O4S/c1-2-3-18-12(17)14-10(11(15)16)5-8-4-9(6-13)19-7-8/h2,4,7,10H,1,3,5H2,(H,14,17)(H,15,16). The Morgan fingerprint density at radius 2 is 2.42 bits per heavy atom. The largest absolute Gasteiger partial charge is 0.480 e. The number of ether oxygens (including phenoxy) is 1.